The van der Waals surface area contributed by atoms with E-state index in [1.54, 1.807) is 41.4 Å². The summed E-state index contributed by atoms with van der Waals surface area (Å²) >= 11 is 0. The molecule has 3 aromatic heterocycles. The highest BCUT2D eigenvalue weighted by atomic mass is 16.5. The number of ketones is 1. The maximum atomic E-state index is 14.0. The normalized spacial score (nSPS) is 16.3. The monoisotopic (exact) mass is 670 g/mol. The molecular formula is C39H38N6O5. The molecule has 6 heterocycles. The molecule has 8 rings (SSSR count). The third-order valence-corrected chi connectivity index (χ3v) is 10.2. The first kappa shape index (κ1) is 31.7. The maximum Gasteiger partial charge on any atom is 0.263 e. The minimum atomic E-state index is -0.314. The summed E-state index contributed by atoms with van der Waals surface area (Å²) in [5, 5.41) is 3.01. The predicted molar refractivity (Wildman–Crippen MR) is 189 cm³/mol. The zero-order chi connectivity index (χ0) is 34.6. The van der Waals surface area contributed by atoms with Crippen molar-refractivity contribution < 1.29 is 23.5 Å². The molecule has 11 nitrogen and oxygen atoms in total. The van der Waals surface area contributed by atoms with E-state index < -0.39 is 0 Å². The number of ether oxygens (including phenoxy) is 1. The summed E-state index contributed by atoms with van der Waals surface area (Å²) in [5.41, 5.74) is 6.62. The van der Waals surface area contributed by atoms with Crippen molar-refractivity contribution in [1.82, 2.24) is 15.0 Å². The lowest BCUT2D eigenvalue weighted by molar-refractivity contribution is -0.000511. The van der Waals surface area contributed by atoms with E-state index in [4.69, 9.17) is 9.15 Å². The number of hydrogen-bond acceptors (Lipinski definition) is 8. The molecule has 3 aliphatic rings. The van der Waals surface area contributed by atoms with Gasteiger partial charge < -0.3 is 29.3 Å². The minimum absolute atomic E-state index is 0.177. The van der Waals surface area contributed by atoms with Crippen LogP contribution < -0.4 is 15.1 Å². The predicted octanol–water partition coefficient (Wildman–Crippen LogP) is 6.29. The number of amides is 2. The fourth-order valence-electron chi connectivity index (χ4n) is 7.26. The maximum absolute atomic E-state index is 14.0. The van der Waals surface area contributed by atoms with Gasteiger partial charge in [-0.2, -0.15) is 0 Å². The van der Waals surface area contributed by atoms with Gasteiger partial charge in [0.1, 0.15) is 11.6 Å². The molecule has 0 bridgehead atoms. The van der Waals surface area contributed by atoms with Crippen molar-refractivity contribution in [3.05, 3.63) is 112 Å². The quantitative estimate of drug-likeness (QED) is 0.201. The number of anilines is 3. The number of para-hydroxylation sites is 1. The summed E-state index contributed by atoms with van der Waals surface area (Å²) in [7, 11) is 0. The number of carbonyl (C=O) groups excluding carboxylic acids is 3. The Kier molecular flexibility index (Phi) is 7.86. The number of imidazole rings is 1. The van der Waals surface area contributed by atoms with Crippen molar-refractivity contribution in [2.45, 2.75) is 40.0 Å². The number of hydrogen-bond donors (Lipinski definition) is 2. The molecular weight excluding hydrogens is 632 g/mol. The molecule has 3 aliphatic heterocycles. The fourth-order valence-corrected chi connectivity index (χ4v) is 7.26. The molecule has 2 saturated heterocycles. The highest BCUT2D eigenvalue weighted by Crippen LogP contribution is 2.43. The number of nitrogens with zero attached hydrogens (tertiary/aromatic N) is 4. The first-order valence-electron chi connectivity index (χ1n) is 17.0. The Bertz CT molecular complexity index is 2110. The number of aromatic nitrogens is 3. The van der Waals surface area contributed by atoms with Gasteiger partial charge in [0.05, 0.1) is 16.9 Å². The van der Waals surface area contributed by atoms with E-state index in [9.17, 15) is 14.4 Å². The second kappa shape index (κ2) is 12.4. The number of benzene rings is 2. The van der Waals surface area contributed by atoms with Gasteiger partial charge in [-0.1, -0.05) is 12.1 Å². The Morgan fingerprint density at radius 1 is 0.960 bits per heavy atom. The summed E-state index contributed by atoms with van der Waals surface area (Å²) < 4.78 is 11.7. The Labute approximate surface area is 289 Å². The van der Waals surface area contributed by atoms with Gasteiger partial charge in [0.15, 0.2) is 11.6 Å². The van der Waals surface area contributed by atoms with Crippen LogP contribution in [0.3, 0.4) is 0 Å². The van der Waals surface area contributed by atoms with Crippen LogP contribution in [0.5, 0.6) is 0 Å². The average Bonchev–Trinajstić information content (AvgIpc) is 3.65. The van der Waals surface area contributed by atoms with Crippen molar-refractivity contribution in [1.29, 1.82) is 0 Å². The largest absolute Gasteiger partial charge is 0.452 e. The van der Waals surface area contributed by atoms with Crippen LogP contribution in [-0.2, 0) is 11.2 Å². The highest BCUT2D eigenvalue weighted by Gasteiger charge is 2.45. The molecule has 0 unspecified atom stereocenters. The SMILES string of the molecule is Cc1cnc(N2CC3(CCOCC3)C2)c(C(=O)Nc2ccc(C(=O)N3CCc4cc(C(=O)c5nc(C)c(C)[nH]5)oc4-c4ccccc43)cc2)c1. The van der Waals surface area contributed by atoms with Crippen molar-refractivity contribution in [2.75, 3.05) is 48.0 Å². The molecule has 0 aliphatic carbocycles. The minimum Gasteiger partial charge on any atom is -0.452 e. The molecule has 2 amide bonds. The highest BCUT2D eigenvalue weighted by molar-refractivity contribution is 6.10. The molecule has 11 heteroatoms. The van der Waals surface area contributed by atoms with Crippen molar-refractivity contribution >= 4 is 34.8 Å². The van der Waals surface area contributed by atoms with Crippen LogP contribution in [0.15, 0.2) is 71.3 Å². The van der Waals surface area contributed by atoms with Gasteiger partial charge in [-0.25, -0.2) is 9.97 Å². The number of rotatable bonds is 6. The molecule has 254 valence electrons. The van der Waals surface area contributed by atoms with Gasteiger partial charge in [0, 0.05) is 72.5 Å². The zero-order valence-corrected chi connectivity index (χ0v) is 28.3. The molecule has 2 N–H and O–H groups in total. The number of fused-ring (bicyclic) bond motifs is 3. The Morgan fingerprint density at radius 2 is 1.72 bits per heavy atom. The Hall–Kier alpha value is -5.55. The summed E-state index contributed by atoms with van der Waals surface area (Å²) in [6.07, 6.45) is 4.36. The summed E-state index contributed by atoms with van der Waals surface area (Å²) in [4.78, 5) is 56.7. The van der Waals surface area contributed by atoms with Crippen LogP contribution >= 0.6 is 0 Å². The van der Waals surface area contributed by atoms with E-state index in [0.717, 1.165) is 67.2 Å². The van der Waals surface area contributed by atoms with Gasteiger partial charge in [0.25, 0.3) is 17.6 Å². The van der Waals surface area contributed by atoms with Crippen LogP contribution in [0.1, 0.15) is 72.5 Å². The number of aromatic amines is 1. The third kappa shape index (κ3) is 5.67. The molecule has 0 atom stereocenters. The van der Waals surface area contributed by atoms with Gasteiger partial charge in [-0.05, 0) is 94.1 Å². The summed E-state index contributed by atoms with van der Waals surface area (Å²) in [6.45, 7) is 9.34. The van der Waals surface area contributed by atoms with Crippen molar-refractivity contribution in [3.8, 4) is 11.3 Å². The fraction of sp³-hybridized carbons (Fsp3) is 0.308. The van der Waals surface area contributed by atoms with E-state index in [1.807, 2.05) is 51.1 Å². The van der Waals surface area contributed by atoms with Crippen LogP contribution in [-0.4, -0.2) is 65.4 Å². The van der Waals surface area contributed by atoms with Gasteiger partial charge in [-0.3, -0.25) is 14.4 Å². The number of H-pyrrole nitrogens is 1. The van der Waals surface area contributed by atoms with Gasteiger partial charge in [0.2, 0.25) is 0 Å². The topological polar surface area (TPSA) is 134 Å². The van der Waals surface area contributed by atoms with E-state index in [1.165, 1.54) is 0 Å². The number of nitrogens with one attached hydrogen (secondary N) is 2. The third-order valence-electron chi connectivity index (χ3n) is 10.2. The molecule has 2 fully saturated rings. The smallest absolute Gasteiger partial charge is 0.263 e. The van der Waals surface area contributed by atoms with Crippen molar-refractivity contribution in [2.24, 2.45) is 5.41 Å². The zero-order valence-electron chi connectivity index (χ0n) is 28.3. The van der Waals surface area contributed by atoms with E-state index >= 15 is 0 Å². The number of pyridine rings is 1. The van der Waals surface area contributed by atoms with E-state index in [-0.39, 0.29) is 34.6 Å². The standard InChI is InChI=1S/C39H38N6O5/c1-23-18-30(36(40-20-23)44-21-39(22-44)13-16-49-17-14-39)37(47)43-28-10-8-26(9-11-28)38(48)45-15-12-27-19-32(33(46)35-41-24(2)25(3)42-35)50-34(27)29-6-4-5-7-31(29)45/h4-11,18-20H,12-17,21-22H2,1-3H3,(H,41,42)(H,43,47). The van der Waals surface area contributed by atoms with E-state index in [0.29, 0.717) is 47.0 Å². The van der Waals surface area contributed by atoms with Crippen LogP contribution in [0.25, 0.3) is 11.3 Å². The molecule has 50 heavy (non-hydrogen) atoms. The Balaban J connectivity index is 0.987. The van der Waals surface area contributed by atoms with Crippen molar-refractivity contribution in [3.63, 3.8) is 0 Å². The van der Waals surface area contributed by atoms with Gasteiger partial charge >= 0.3 is 0 Å². The first-order chi connectivity index (χ1) is 24.2. The molecule has 2 aromatic carbocycles. The van der Waals surface area contributed by atoms with Crippen LogP contribution in [0, 0.1) is 26.2 Å². The summed E-state index contributed by atoms with van der Waals surface area (Å²) in [5.74, 6) is 0.978. The van der Waals surface area contributed by atoms with E-state index in [2.05, 4.69) is 25.2 Å². The van der Waals surface area contributed by atoms with Crippen LogP contribution in [0.2, 0.25) is 0 Å². The second-order valence-corrected chi connectivity index (χ2v) is 13.7. The lowest BCUT2D eigenvalue weighted by Gasteiger charge is -2.53. The lowest BCUT2D eigenvalue weighted by atomic mass is 9.73. The Morgan fingerprint density at radius 3 is 2.46 bits per heavy atom. The lowest BCUT2D eigenvalue weighted by Crippen LogP contribution is -2.59. The number of carbonyl (C=O) groups is 3. The second-order valence-electron chi connectivity index (χ2n) is 13.7. The molecule has 5 aromatic rings. The summed E-state index contributed by atoms with van der Waals surface area (Å²) in [6, 6.07) is 18.1. The first-order valence-corrected chi connectivity index (χ1v) is 17.0. The molecule has 0 radical (unpaired) electrons. The number of furan rings is 1. The van der Waals surface area contributed by atoms with Crippen LogP contribution in [0.4, 0.5) is 17.2 Å². The average molecular weight is 671 g/mol. The number of aryl methyl sites for hydroxylation is 3. The molecule has 0 saturated carbocycles. The molecule has 1 spiro atoms. The van der Waals surface area contributed by atoms with Gasteiger partial charge in [-0.15, -0.1) is 0 Å².